The van der Waals surface area contributed by atoms with Crippen LogP contribution in [0.4, 0.5) is 8.78 Å². The van der Waals surface area contributed by atoms with E-state index in [4.69, 9.17) is 10.5 Å². The summed E-state index contributed by atoms with van der Waals surface area (Å²) in [6, 6.07) is 8.54. The molecule has 1 saturated heterocycles. The monoisotopic (exact) mass is 545 g/mol. The molecular weight excluding hydrogens is 516 g/mol. The highest BCUT2D eigenvalue weighted by Crippen LogP contribution is 2.59. The number of benzene rings is 1. The van der Waals surface area contributed by atoms with Crippen LogP contribution in [0.3, 0.4) is 0 Å². The lowest BCUT2D eigenvalue weighted by atomic mass is 9.94. The number of piperidine rings is 1. The lowest BCUT2D eigenvalue weighted by molar-refractivity contribution is 0.0731. The van der Waals surface area contributed by atoms with E-state index in [0.29, 0.717) is 47.4 Å². The summed E-state index contributed by atoms with van der Waals surface area (Å²) in [5, 5.41) is 4.42. The molecule has 4 aromatic rings. The molecule has 11 heteroatoms. The van der Waals surface area contributed by atoms with Crippen LogP contribution < -0.4 is 10.5 Å². The van der Waals surface area contributed by atoms with Gasteiger partial charge >= 0.3 is 0 Å². The Morgan fingerprint density at radius 2 is 1.93 bits per heavy atom. The third kappa shape index (κ3) is 4.49. The van der Waals surface area contributed by atoms with Crippen molar-refractivity contribution >= 4 is 5.91 Å². The predicted octanol–water partition coefficient (Wildman–Crippen LogP) is 4.04. The summed E-state index contributed by atoms with van der Waals surface area (Å²) in [7, 11) is 0. The normalized spacial score (nSPS) is 21.8. The highest BCUT2D eigenvalue weighted by atomic mass is 19.1. The van der Waals surface area contributed by atoms with Crippen molar-refractivity contribution in [3.05, 3.63) is 83.4 Å². The molecule has 1 aliphatic heterocycles. The second-order valence-electron chi connectivity index (χ2n) is 11.4. The molecule has 2 N–H and O–H groups in total. The highest BCUT2D eigenvalue weighted by molar-refractivity contribution is 5.95. The van der Waals surface area contributed by atoms with E-state index >= 15 is 0 Å². The van der Waals surface area contributed by atoms with Gasteiger partial charge in [-0.2, -0.15) is 5.10 Å². The van der Waals surface area contributed by atoms with Crippen LogP contribution in [0.1, 0.15) is 42.4 Å². The maximum Gasteiger partial charge on any atom is 0.257 e. The molecule has 3 atom stereocenters. The van der Waals surface area contributed by atoms with E-state index in [2.05, 4.69) is 27.0 Å². The second kappa shape index (κ2) is 9.16. The molecule has 0 spiro atoms. The Kier molecular flexibility index (Phi) is 5.95. The average molecular weight is 546 g/mol. The zero-order valence-electron chi connectivity index (χ0n) is 22.6. The van der Waals surface area contributed by atoms with Crippen molar-refractivity contribution in [3.8, 4) is 23.1 Å². The number of ether oxygens (including phenoxy) is 1. The smallest absolute Gasteiger partial charge is 0.257 e. The van der Waals surface area contributed by atoms with Crippen LogP contribution in [0.25, 0.3) is 17.2 Å². The number of amides is 1. The first-order valence-corrected chi connectivity index (χ1v) is 13.0. The van der Waals surface area contributed by atoms with Crippen LogP contribution in [0, 0.1) is 29.9 Å². The molecule has 1 amide bonds. The Labute approximate surface area is 230 Å². The topological polar surface area (TPSA) is 112 Å². The number of halogens is 2. The van der Waals surface area contributed by atoms with E-state index in [1.165, 1.54) is 16.8 Å². The van der Waals surface area contributed by atoms with Gasteiger partial charge in [-0.05, 0) is 50.6 Å². The first-order chi connectivity index (χ1) is 18.9. The number of nitrogens with zero attached hydrogens (tertiary/aromatic N) is 6. The van der Waals surface area contributed by atoms with Gasteiger partial charge in [-0.15, -0.1) is 0 Å². The van der Waals surface area contributed by atoms with Gasteiger partial charge in [0.15, 0.2) is 0 Å². The van der Waals surface area contributed by atoms with Crippen LogP contribution in [-0.4, -0.2) is 54.7 Å². The minimum Gasteiger partial charge on any atom is -0.473 e. The van der Waals surface area contributed by atoms with Crippen molar-refractivity contribution in [2.45, 2.75) is 39.3 Å². The summed E-state index contributed by atoms with van der Waals surface area (Å²) in [5.41, 5.74) is 7.63. The van der Waals surface area contributed by atoms with Gasteiger partial charge in [0.2, 0.25) is 11.8 Å². The minimum atomic E-state index is -0.744. The third-order valence-corrected chi connectivity index (χ3v) is 7.88. The number of rotatable bonds is 6. The van der Waals surface area contributed by atoms with Gasteiger partial charge in [0, 0.05) is 66.2 Å². The quantitative estimate of drug-likeness (QED) is 0.389. The lowest BCUT2D eigenvalue weighted by Crippen LogP contribution is -2.35. The Morgan fingerprint density at radius 1 is 1.18 bits per heavy atom. The number of carbonyl (C=O) groups excluding carboxylic acids is 1. The minimum absolute atomic E-state index is 0.103. The molecule has 1 aromatic carbocycles. The number of likely N-dealkylation sites (tertiary alicyclic amines) is 1. The number of pyridine rings is 1. The van der Waals surface area contributed by atoms with Gasteiger partial charge in [0.1, 0.15) is 17.7 Å². The number of hydrogen-bond acceptors (Lipinski definition) is 7. The summed E-state index contributed by atoms with van der Waals surface area (Å²) in [6.45, 7) is 8.57. The van der Waals surface area contributed by atoms with Crippen LogP contribution in [0.2, 0.25) is 0 Å². The molecule has 4 heterocycles. The van der Waals surface area contributed by atoms with Crippen LogP contribution in [0.5, 0.6) is 5.88 Å². The molecule has 40 heavy (non-hydrogen) atoms. The van der Waals surface area contributed by atoms with Crippen molar-refractivity contribution in [1.29, 1.82) is 0 Å². The van der Waals surface area contributed by atoms with Crippen molar-refractivity contribution in [2.24, 2.45) is 17.1 Å². The SMILES string of the molecule is Cc1nn(-c2ncccn2)cc1C(=O)N1C[C@H]2[C@H](Oc3cc(C(C)(C)N)cc(-c4ccc(F)cc4F)n3)[C@@]2(C)C1. The predicted molar refractivity (Wildman–Crippen MR) is 143 cm³/mol. The fourth-order valence-electron chi connectivity index (χ4n) is 5.47. The van der Waals surface area contributed by atoms with Crippen LogP contribution >= 0.6 is 0 Å². The van der Waals surface area contributed by atoms with Gasteiger partial charge in [-0.25, -0.2) is 28.4 Å². The van der Waals surface area contributed by atoms with Gasteiger partial charge in [0.25, 0.3) is 5.91 Å². The summed E-state index contributed by atoms with van der Waals surface area (Å²) < 4.78 is 36.0. The van der Waals surface area contributed by atoms with Crippen LogP contribution in [0.15, 0.2) is 55.0 Å². The molecule has 2 aliphatic rings. The van der Waals surface area contributed by atoms with E-state index in [1.54, 1.807) is 43.7 Å². The Bertz CT molecular complexity index is 1620. The standard InChI is InChI=1S/C29H29F2N7O2/c1-16-20(13-38(36-16)27-33-8-5-9-34-27)26(39)37-14-21-25(29(21,4)15-37)40-24-11-17(28(2,3)32)10-23(35-24)19-7-6-18(30)12-22(19)31/h5-13,21,25H,14-15,32H2,1-4H3/t21-,25-,29-/m0/s1. The number of aryl methyl sites for hydroxylation is 1. The van der Waals surface area contributed by atoms with Crippen molar-refractivity contribution in [2.75, 3.05) is 13.1 Å². The van der Waals surface area contributed by atoms with E-state index in [1.807, 2.05) is 18.7 Å². The van der Waals surface area contributed by atoms with Gasteiger partial charge < -0.3 is 15.4 Å². The van der Waals surface area contributed by atoms with Crippen LogP contribution in [-0.2, 0) is 5.54 Å². The molecular formula is C29H29F2N7O2. The molecule has 1 aliphatic carbocycles. The van der Waals surface area contributed by atoms with Gasteiger partial charge in [0.05, 0.1) is 17.0 Å². The second-order valence-corrected chi connectivity index (χ2v) is 11.4. The first-order valence-electron chi connectivity index (χ1n) is 13.0. The Balaban J connectivity index is 1.20. The first kappa shape index (κ1) is 26.0. The maximum absolute atomic E-state index is 14.6. The molecule has 3 aromatic heterocycles. The molecule has 206 valence electrons. The number of aromatic nitrogens is 5. The molecule has 0 bridgehead atoms. The average Bonchev–Trinajstić information content (AvgIpc) is 3.20. The summed E-state index contributed by atoms with van der Waals surface area (Å²) in [5.74, 6) is -0.676. The van der Waals surface area contributed by atoms with Crippen molar-refractivity contribution in [3.63, 3.8) is 0 Å². The molecule has 0 unspecified atom stereocenters. The molecule has 0 radical (unpaired) electrons. The molecule has 9 nitrogen and oxygen atoms in total. The Hall–Kier alpha value is -4.25. The summed E-state index contributed by atoms with van der Waals surface area (Å²) in [4.78, 5) is 28.1. The molecule has 1 saturated carbocycles. The maximum atomic E-state index is 14.6. The fourth-order valence-corrected chi connectivity index (χ4v) is 5.47. The van der Waals surface area contributed by atoms with E-state index in [-0.39, 0.29) is 28.9 Å². The van der Waals surface area contributed by atoms with Crippen molar-refractivity contribution < 1.29 is 18.3 Å². The fraction of sp³-hybridized carbons (Fsp3) is 0.345. The van der Waals surface area contributed by atoms with E-state index in [9.17, 15) is 13.6 Å². The number of hydrogen-bond donors (Lipinski definition) is 1. The zero-order chi connectivity index (χ0) is 28.4. The van der Waals surface area contributed by atoms with Crippen molar-refractivity contribution in [1.82, 2.24) is 29.6 Å². The largest absolute Gasteiger partial charge is 0.473 e. The van der Waals surface area contributed by atoms with E-state index in [0.717, 1.165) is 6.07 Å². The van der Waals surface area contributed by atoms with E-state index < -0.39 is 17.2 Å². The number of nitrogens with two attached hydrogens (primary N) is 1. The van der Waals surface area contributed by atoms with Gasteiger partial charge in [-0.1, -0.05) is 6.92 Å². The Morgan fingerprint density at radius 3 is 2.58 bits per heavy atom. The molecule has 2 fully saturated rings. The summed E-state index contributed by atoms with van der Waals surface area (Å²) >= 11 is 0. The third-order valence-electron chi connectivity index (χ3n) is 7.88. The number of fused-ring (bicyclic) bond motifs is 1. The lowest BCUT2D eigenvalue weighted by Gasteiger charge is -2.24. The summed E-state index contributed by atoms with van der Waals surface area (Å²) in [6.07, 6.45) is 4.72. The zero-order valence-corrected chi connectivity index (χ0v) is 22.6. The van der Waals surface area contributed by atoms with Gasteiger partial charge in [-0.3, -0.25) is 4.79 Å². The molecule has 6 rings (SSSR count). The highest BCUT2D eigenvalue weighted by Gasteiger charge is 2.69. The number of carbonyl (C=O) groups is 1.